The predicted molar refractivity (Wildman–Crippen MR) is 114 cm³/mol. The second-order valence-corrected chi connectivity index (χ2v) is 7.72. The van der Waals surface area contributed by atoms with Gasteiger partial charge in [0.15, 0.2) is 11.5 Å². The van der Waals surface area contributed by atoms with Crippen molar-refractivity contribution in [1.82, 2.24) is 10.2 Å². The first-order valence-corrected chi connectivity index (χ1v) is 10.0. The van der Waals surface area contributed by atoms with Gasteiger partial charge in [0.05, 0.1) is 20.1 Å². The standard InChI is InChI=1S/C21H31N3O4.ClH/c1-27-18-7-6-14(10-19(18)28-2)8-9-24-13-16(11-20(24)25)21(26)23-17-5-3-4-15(17)12-22;/h6-7,10,15-17H,3-5,8-9,11-13,22H2,1-2H3,(H,23,26);1H. The van der Waals surface area contributed by atoms with Gasteiger partial charge in [-0.1, -0.05) is 12.5 Å². The Balaban J connectivity index is 0.00000300. The molecule has 1 aromatic rings. The van der Waals surface area contributed by atoms with Crippen molar-refractivity contribution in [3.05, 3.63) is 23.8 Å². The summed E-state index contributed by atoms with van der Waals surface area (Å²) in [5.41, 5.74) is 6.87. The molecular formula is C21H32ClN3O4. The summed E-state index contributed by atoms with van der Waals surface area (Å²) in [6.07, 6.45) is 4.16. The molecule has 3 rings (SSSR count). The van der Waals surface area contributed by atoms with E-state index >= 15 is 0 Å². The van der Waals surface area contributed by atoms with E-state index in [1.165, 1.54) is 0 Å². The number of ether oxygens (including phenoxy) is 2. The lowest BCUT2D eigenvalue weighted by atomic mass is 10.0. The molecule has 1 saturated heterocycles. The number of nitrogens with two attached hydrogens (primary N) is 1. The Kier molecular flexibility index (Phi) is 8.59. The molecule has 1 aliphatic heterocycles. The molecule has 0 aromatic heterocycles. The van der Waals surface area contributed by atoms with Crippen molar-refractivity contribution in [2.24, 2.45) is 17.6 Å². The van der Waals surface area contributed by atoms with E-state index in [1.54, 1.807) is 19.1 Å². The Morgan fingerprint density at radius 3 is 2.69 bits per heavy atom. The molecule has 0 radical (unpaired) electrons. The molecule has 2 amide bonds. The lowest BCUT2D eigenvalue weighted by molar-refractivity contribution is -0.129. The van der Waals surface area contributed by atoms with Crippen molar-refractivity contribution >= 4 is 24.2 Å². The zero-order valence-electron chi connectivity index (χ0n) is 17.2. The van der Waals surface area contributed by atoms with Gasteiger partial charge in [-0.15, -0.1) is 12.4 Å². The number of halogens is 1. The second kappa shape index (κ2) is 10.7. The molecule has 0 bridgehead atoms. The quantitative estimate of drug-likeness (QED) is 0.661. The Labute approximate surface area is 178 Å². The minimum Gasteiger partial charge on any atom is -0.493 e. The molecule has 1 saturated carbocycles. The fraction of sp³-hybridized carbons (Fsp3) is 0.619. The van der Waals surface area contributed by atoms with Gasteiger partial charge < -0.3 is 25.4 Å². The Bertz CT molecular complexity index is 715. The summed E-state index contributed by atoms with van der Waals surface area (Å²) in [5, 5.41) is 3.14. The molecule has 29 heavy (non-hydrogen) atoms. The SMILES string of the molecule is COc1ccc(CCN2CC(C(=O)NC3CCCC3CN)CC2=O)cc1OC.Cl. The number of benzene rings is 1. The number of methoxy groups -OCH3 is 2. The van der Waals surface area contributed by atoms with Crippen LogP contribution in [-0.4, -0.2) is 56.6 Å². The fourth-order valence-electron chi connectivity index (χ4n) is 4.27. The summed E-state index contributed by atoms with van der Waals surface area (Å²) >= 11 is 0. The van der Waals surface area contributed by atoms with Gasteiger partial charge in [0.2, 0.25) is 11.8 Å². The van der Waals surface area contributed by atoms with Gasteiger partial charge in [-0.25, -0.2) is 0 Å². The van der Waals surface area contributed by atoms with E-state index < -0.39 is 0 Å². The molecule has 0 spiro atoms. The lowest BCUT2D eigenvalue weighted by Crippen LogP contribution is -2.43. The number of rotatable bonds is 8. The number of hydrogen-bond donors (Lipinski definition) is 2. The highest BCUT2D eigenvalue weighted by atomic mass is 35.5. The van der Waals surface area contributed by atoms with Gasteiger partial charge in [-0.3, -0.25) is 9.59 Å². The molecule has 3 atom stereocenters. The molecule has 7 nitrogen and oxygen atoms in total. The van der Waals surface area contributed by atoms with Crippen molar-refractivity contribution in [2.75, 3.05) is 33.9 Å². The van der Waals surface area contributed by atoms with Crippen LogP contribution < -0.4 is 20.5 Å². The van der Waals surface area contributed by atoms with Crippen molar-refractivity contribution in [3.8, 4) is 11.5 Å². The fourth-order valence-corrected chi connectivity index (χ4v) is 4.27. The van der Waals surface area contributed by atoms with Crippen LogP contribution in [0.4, 0.5) is 0 Å². The Morgan fingerprint density at radius 1 is 1.24 bits per heavy atom. The maximum atomic E-state index is 12.6. The summed E-state index contributed by atoms with van der Waals surface area (Å²) in [7, 11) is 3.21. The molecule has 1 heterocycles. The summed E-state index contributed by atoms with van der Waals surface area (Å²) in [6, 6.07) is 5.93. The topological polar surface area (TPSA) is 93.9 Å². The number of amides is 2. The summed E-state index contributed by atoms with van der Waals surface area (Å²) < 4.78 is 10.6. The average molecular weight is 426 g/mol. The summed E-state index contributed by atoms with van der Waals surface area (Å²) in [5.74, 6) is 1.49. The van der Waals surface area contributed by atoms with Crippen molar-refractivity contribution in [2.45, 2.75) is 38.1 Å². The highest BCUT2D eigenvalue weighted by Crippen LogP contribution is 2.29. The molecular weight excluding hydrogens is 394 g/mol. The lowest BCUT2D eigenvalue weighted by Gasteiger charge is -2.22. The predicted octanol–water partition coefficient (Wildman–Crippen LogP) is 1.76. The minimum atomic E-state index is -0.267. The van der Waals surface area contributed by atoms with Crippen LogP contribution in [0.15, 0.2) is 18.2 Å². The van der Waals surface area contributed by atoms with Crippen LogP contribution in [0.5, 0.6) is 11.5 Å². The minimum absolute atomic E-state index is 0. The van der Waals surface area contributed by atoms with E-state index in [2.05, 4.69) is 5.32 Å². The molecule has 2 fully saturated rings. The number of nitrogens with zero attached hydrogens (tertiary/aromatic N) is 1. The van der Waals surface area contributed by atoms with Gasteiger partial charge in [0, 0.05) is 25.6 Å². The zero-order chi connectivity index (χ0) is 20.1. The van der Waals surface area contributed by atoms with Crippen molar-refractivity contribution in [1.29, 1.82) is 0 Å². The first kappa shape index (κ1) is 23.3. The van der Waals surface area contributed by atoms with E-state index in [4.69, 9.17) is 15.2 Å². The van der Waals surface area contributed by atoms with Crippen LogP contribution in [0.25, 0.3) is 0 Å². The summed E-state index contributed by atoms with van der Waals surface area (Å²) in [6.45, 7) is 1.68. The van der Waals surface area contributed by atoms with Crippen LogP contribution in [0.3, 0.4) is 0 Å². The van der Waals surface area contributed by atoms with Gasteiger partial charge in [0.1, 0.15) is 0 Å². The monoisotopic (exact) mass is 425 g/mol. The highest BCUT2D eigenvalue weighted by Gasteiger charge is 2.36. The maximum absolute atomic E-state index is 12.6. The van der Waals surface area contributed by atoms with E-state index in [9.17, 15) is 9.59 Å². The van der Waals surface area contributed by atoms with Crippen LogP contribution in [0.2, 0.25) is 0 Å². The van der Waals surface area contributed by atoms with E-state index in [0.717, 1.165) is 24.8 Å². The molecule has 3 N–H and O–H groups in total. The van der Waals surface area contributed by atoms with Gasteiger partial charge in [-0.2, -0.15) is 0 Å². The molecule has 1 aliphatic carbocycles. The zero-order valence-corrected chi connectivity index (χ0v) is 18.0. The number of nitrogens with one attached hydrogen (secondary N) is 1. The Hall–Kier alpha value is -1.99. The van der Waals surface area contributed by atoms with Gasteiger partial charge in [0.25, 0.3) is 0 Å². The third kappa shape index (κ3) is 5.54. The van der Waals surface area contributed by atoms with Crippen molar-refractivity contribution in [3.63, 3.8) is 0 Å². The third-order valence-corrected chi connectivity index (χ3v) is 5.99. The number of carbonyl (C=O) groups excluding carboxylic acids is 2. The number of likely N-dealkylation sites (tertiary alicyclic amines) is 1. The van der Waals surface area contributed by atoms with E-state index in [-0.39, 0.29) is 42.6 Å². The maximum Gasteiger partial charge on any atom is 0.225 e. The van der Waals surface area contributed by atoms with Crippen molar-refractivity contribution < 1.29 is 19.1 Å². The molecule has 2 aliphatic rings. The van der Waals surface area contributed by atoms with E-state index in [0.29, 0.717) is 43.5 Å². The first-order chi connectivity index (χ1) is 13.5. The molecule has 1 aromatic carbocycles. The first-order valence-electron chi connectivity index (χ1n) is 10.0. The molecule has 3 unspecified atom stereocenters. The third-order valence-electron chi connectivity index (χ3n) is 5.99. The highest BCUT2D eigenvalue weighted by molar-refractivity contribution is 5.89. The molecule has 8 heteroatoms. The van der Waals surface area contributed by atoms with E-state index in [1.807, 2.05) is 18.2 Å². The average Bonchev–Trinajstić information content (AvgIpc) is 3.31. The normalized spacial score (nSPS) is 23.6. The van der Waals surface area contributed by atoms with Crippen LogP contribution in [0, 0.1) is 11.8 Å². The summed E-state index contributed by atoms with van der Waals surface area (Å²) in [4.78, 5) is 26.8. The smallest absolute Gasteiger partial charge is 0.225 e. The molecule has 162 valence electrons. The van der Waals surface area contributed by atoms with Crippen LogP contribution >= 0.6 is 12.4 Å². The Morgan fingerprint density at radius 2 is 2.00 bits per heavy atom. The largest absolute Gasteiger partial charge is 0.493 e. The van der Waals surface area contributed by atoms with Crippen LogP contribution in [0.1, 0.15) is 31.2 Å². The number of carbonyl (C=O) groups is 2. The van der Waals surface area contributed by atoms with Gasteiger partial charge in [-0.05, 0) is 49.4 Å². The second-order valence-electron chi connectivity index (χ2n) is 7.72. The van der Waals surface area contributed by atoms with Crippen LogP contribution in [-0.2, 0) is 16.0 Å². The number of hydrogen-bond acceptors (Lipinski definition) is 5. The van der Waals surface area contributed by atoms with Gasteiger partial charge >= 0.3 is 0 Å².